The van der Waals surface area contributed by atoms with Crippen molar-refractivity contribution in [3.8, 4) is 0 Å². The first-order valence-corrected chi connectivity index (χ1v) is 6.86. The molecule has 0 aliphatic rings. The molecular weight excluding hydrogens is 218 g/mol. The Balaban J connectivity index is 4.08. The van der Waals surface area contributed by atoms with Crippen molar-refractivity contribution in [2.24, 2.45) is 5.41 Å². The van der Waals surface area contributed by atoms with Gasteiger partial charge in [-0.3, -0.25) is 0 Å². The molecule has 92 valence electrons. The molecule has 0 spiro atoms. The first-order valence-electron chi connectivity index (χ1n) is 4.80. The number of aliphatic hydroxyl groups excluding tert-OH is 2. The highest BCUT2D eigenvalue weighted by Crippen LogP contribution is 2.15. The predicted molar refractivity (Wildman–Crippen MR) is 59.5 cm³/mol. The van der Waals surface area contributed by atoms with Crippen LogP contribution in [0.1, 0.15) is 6.92 Å². The minimum Gasteiger partial charge on any atom is -0.396 e. The summed E-state index contributed by atoms with van der Waals surface area (Å²) in [6, 6.07) is 0. The van der Waals surface area contributed by atoms with E-state index in [1.54, 1.807) is 18.9 Å². The van der Waals surface area contributed by atoms with Gasteiger partial charge in [0.2, 0.25) is 0 Å². The normalized spacial score (nSPS) is 13.5. The van der Waals surface area contributed by atoms with Crippen LogP contribution in [0.15, 0.2) is 0 Å². The summed E-state index contributed by atoms with van der Waals surface area (Å²) < 4.78 is 21.8. The van der Waals surface area contributed by atoms with Crippen LogP contribution in [-0.2, 0) is 9.84 Å². The van der Waals surface area contributed by atoms with E-state index in [2.05, 4.69) is 0 Å². The fraction of sp³-hybridized carbons (Fsp3) is 1.00. The summed E-state index contributed by atoms with van der Waals surface area (Å²) in [5.41, 5.74) is -0.577. The Morgan fingerprint density at radius 3 is 2.07 bits per heavy atom. The molecule has 0 aromatic rings. The van der Waals surface area contributed by atoms with Crippen LogP contribution in [0.25, 0.3) is 0 Å². The first-order chi connectivity index (χ1) is 6.72. The molecule has 0 aromatic carbocycles. The smallest absolute Gasteiger partial charge is 0.148 e. The van der Waals surface area contributed by atoms with Gasteiger partial charge in [-0.05, 0) is 7.05 Å². The summed E-state index contributed by atoms with van der Waals surface area (Å²) in [7, 11) is -1.18. The van der Waals surface area contributed by atoms with Gasteiger partial charge in [0.15, 0.2) is 0 Å². The average molecular weight is 239 g/mol. The van der Waals surface area contributed by atoms with Gasteiger partial charge in [-0.25, -0.2) is 8.42 Å². The van der Waals surface area contributed by atoms with E-state index in [-0.39, 0.29) is 19.0 Å². The van der Waals surface area contributed by atoms with Crippen molar-refractivity contribution in [1.29, 1.82) is 0 Å². The third kappa shape index (κ3) is 6.83. The van der Waals surface area contributed by atoms with Crippen LogP contribution >= 0.6 is 0 Å². The van der Waals surface area contributed by atoms with E-state index < -0.39 is 15.3 Å². The highest BCUT2D eigenvalue weighted by molar-refractivity contribution is 7.90. The van der Waals surface area contributed by atoms with Crippen LogP contribution in [0.4, 0.5) is 0 Å². The zero-order valence-electron chi connectivity index (χ0n) is 9.60. The minimum atomic E-state index is -2.95. The summed E-state index contributed by atoms with van der Waals surface area (Å²) in [5.74, 6) is 0.0937. The highest BCUT2D eigenvalue weighted by Gasteiger charge is 2.24. The zero-order valence-corrected chi connectivity index (χ0v) is 10.4. The maximum Gasteiger partial charge on any atom is 0.148 e. The lowest BCUT2D eigenvalue weighted by Crippen LogP contribution is -2.40. The molecule has 0 bridgehead atoms. The van der Waals surface area contributed by atoms with Crippen LogP contribution in [0.2, 0.25) is 0 Å². The average Bonchev–Trinajstić information content (AvgIpc) is 2.13. The summed E-state index contributed by atoms with van der Waals surface area (Å²) >= 11 is 0. The second-order valence-corrected chi connectivity index (χ2v) is 6.75. The largest absolute Gasteiger partial charge is 0.396 e. The van der Waals surface area contributed by atoms with Gasteiger partial charge in [-0.1, -0.05) is 6.92 Å². The molecule has 0 saturated carbocycles. The maximum atomic E-state index is 10.9. The van der Waals surface area contributed by atoms with Crippen molar-refractivity contribution in [3.63, 3.8) is 0 Å². The molecular formula is C9H21NO4S. The standard InChI is InChI=1S/C9H21NO4S/c1-9(7-11,8-12)6-10(2)4-5-15(3,13)14/h11-12H,4-8H2,1-3H3. The maximum absolute atomic E-state index is 10.9. The monoisotopic (exact) mass is 239 g/mol. The molecule has 5 nitrogen and oxygen atoms in total. The van der Waals surface area contributed by atoms with E-state index in [9.17, 15) is 8.42 Å². The Kier molecular flexibility index (Phi) is 5.72. The van der Waals surface area contributed by atoms with Crippen molar-refractivity contribution >= 4 is 9.84 Å². The summed E-state index contributed by atoms with van der Waals surface area (Å²) in [4.78, 5) is 1.80. The molecule has 0 saturated heterocycles. The number of hydrogen-bond acceptors (Lipinski definition) is 5. The van der Waals surface area contributed by atoms with Gasteiger partial charge in [-0.2, -0.15) is 0 Å². The van der Waals surface area contributed by atoms with E-state index in [4.69, 9.17) is 10.2 Å². The van der Waals surface area contributed by atoms with Crippen LogP contribution in [0.5, 0.6) is 0 Å². The van der Waals surface area contributed by atoms with E-state index in [0.29, 0.717) is 13.1 Å². The van der Waals surface area contributed by atoms with Crippen molar-refractivity contribution in [1.82, 2.24) is 4.90 Å². The van der Waals surface area contributed by atoms with Crippen molar-refractivity contribution in [2.75, 3.05) is 45.4 Å². The van der Waals surface area contributed by atoms with Gasteiger partial charge in [-0.15, -0.1) is 0 Å². The molecule has 6 heteroatoms. The van der Waals surface area contributed by atoms with E-state index in [0.717, 1.165) is 0 Å². The Hall–Kier alpha value is -0.170. The van der Waals surface area contributed by atoms with Gasteiger partial charge < -0.3 is 15.1 Å². The molecule has 0 amide bonds. The number of nitrogens with zero attached hydrogens (tertiary/aromatic N) is 1. The topological polar surface area (TPSA) is 77.8 Å². The van der Waals surface area contributed by atoms with Crippen molar-refractivity contribution in [2.45, 2.75) is 6.92 Å². The Bertz CT molecular complexity index is 272. The molecule has 0 aliphatic carbocycles. The third-order valence-electron chi connectivity index (χ3n) is 2.26. The molecule has 0 unspecified atom stereocenters. The van der Waals surface area contributed by atoms with Crippen LogP contribution in [0, 0.1) is 5.41 Å². The summed E-state index contributed by atoms with van der Waals surface area (Å²) in [5, 5.41) is 18.1. The second-order valence-electron chi connectivity index (χ2n) is 4.49. The molecule has 2 N–H and O–H groups in total. The molecule has 15 heavy (non-hydrogen) atoms. The Morgan fingerprint density at radius 2 is 1.73 bits per heavy atom. The van der Waals surface area contributed by atoms with Gasteiger partial charge >= 0.3 is 0 Å². The first kappa shape index (κ1) is 14.8. The number of rotatable bonds is 7. The lowest BCUT2D eigenvalue weighted by atomic mass is 9.92. The molecule has 0 radical (unpaired) electrons. The Labute approximate surface area is 91.6 Å². The third-order valence-corrected chi connectivity index (χ3v) is 3.18. The predicted octanol–water partition coefficient (Wildman–Crippen LogP) is -1.05. The van der Waals surface area contributed by atoms with Crippen LogP contribution in [-0.4, -0.2) is 68.9 Å². The number of hydrogen-bond donors (Lipinski definition) is 2. The van der Waals surface area contributed by atoms with Crippen LogP contribution < -0.4 is 0 Å². The fourth-order valence-corrected chi connectivity index (χ4v) is 1.85. The molecule has 0 aliphatic heterocycles. The molecule has 0 aromatic heterocycles. The van der Waals surface area contributed by atoms with E-state index >= 15 is 0 Å². The van der Waals surface area contributed by atoms with Crippen molar-refractivity contribution in [3.05, 3.63) is 0 Å². The minimum absolute atomic E-state index is 0.0937. The van der Waals surface area contributed by atoms with E-state index in [1.807, 2.05) is 0 Å². The Morgan fingerprint density at radius 1 is 1.27 bits per heavy atom. The van der Waals surface area contributed by atoms with Gasteiger partial charge in [0.05, 0.1) is 19.0 Å². The zero-order chi connectivity index (χ0) is 12.1. The molecule has 0 rings (SSSR count). The summed E-state index contributed by atoms with van der Waals surface area (Å²) in [6.07, 6.45) is 1.19. The van der Waals surface area contributed by atoms with E-state index in [1.165, 1.54) is 6.26 Å². The van der Waals surface area contributed by atoms with Crippen molar-refractivity contribution < 1.29 is 18.6 Å². The highest BCUT2D eigenvalue weighted by atomic mass is 32.2. The van der Waals surface area contributed by atoms with Gasteiger partial charge in [0.25, 0.3) is 0 Å². The number of aliphatic hydroxyl groups is 2. The lowest BCUT2D eigenvalue weighted by Gasteiger charge is -2.30. The molecule has 0 atom stereocenters. The van der Waals surface area contributed by atoms with Gasteiger partial charge in [0.1, 0.15) is 9.84 Å². The summed E-state index contributed by atoms with van der Waals surface area (Å²) in [6.45, 7) is 2.40. The quantitative estimate of drug-likeness (QED) is 0.593. The fourth-order valence-electron chi connectivity index (χ4n) is 1.20. The SMILES string of the molecule is CN(CCS(C)(=O)=O)CC(C)(CO)CO. The molecule has 0 heterocycles. The lowest BCUT2D eigenvalue weighted by molar-refractivity contribution is 0.0435. The second kappa shape index (κ2) is 5.79. The van der Waals surface area contributed by atoms with Gasteiger partial charge in [0, 0.05) is 24.8 Å². The number of sulfone groups is 1. The van der Waals surface area contributed by atoms with Crippen LogP contribution in [0.3, 0.4) is 0 Å². The molecule has 0 fully saturated rings.